The number of carbonyl (C=O) groups is 1. The van der Waals surface area contributed by atoms with Gasteiger partial charge >= 0.3 is 0 Å². The minimum atomic E-state index is -2.94. The van der Waals surface area contributed by atoms with Crippen LogP contribution >= 0.6 is 0 Å². The number of alkyl halides is 2. The Labute approximate surface area is 212 Å². The van der Waals surface area contributed by atoms with E-state index in [2.05, 4.69) is 35.9 Å². The van der Waals surface area contributed by atoms with Crippen molar-refractivity contribution in [3.8, 4) is 5.75 Å². The van der Waals surface area contributed by atoms with Gasteiger partial charge in [-0.05, 0) is 60.1 Å². The van der Waals surface area contributed by atoms with Crippen LogP contribution < -0.4 is 20.7 Å². The van der Waals surface area contributed by atoms with Crippen molar-refractivity contribution in [3.63, 3.8) is 0 Å². The Kier molecular flexibility index (Phi) is 7.57. The predicted molar refractivity (Wildman–Crippen MR) is 139 cm³/mol. The second-order valence-electron chi connectivity index (χ2n) is 10.2. The molecule has 1 amide bonds. The van der Waals surface area contributed by atoms with Gasteiger partial charge < -0.3 is 20.7 Å². The molecule has 3 N–H and O–H groups in total. The Morgan fingerprint density at radius 2 is 1.83 bits per heavy atom. The Hall–Kier alpha value is -3.09. The number of halogens is 2. The number of ether oxygens (including phenoxy) is 1. The molecule has 0 saturated heterocycles. The maximum Gasteiger partial charge on any atom is 0.273 e. The van der Waals surface area contributed by atoms with Crippen LogP contribution in [0.1, 0.15) is 82.2 Å². The van der Waals surface area contributed by atoms with Crippen LogP contribution in [0.4, 0.5) is 14.5 Å². The van der Waals surface area contributed by atoms with E-state index in [1.807, 2.05) is 19.1 Å². The first-order chi connectivity index (χ1) is 17.1. The van der Waals surface area contributed by atoms with Crippen molar-refractivity contribution >= 4 is 11.6 Å². The molecule has 194 valence electrons. The maximum atomic E-state index is 14.1. The number of benzene rings is 2. The molecule has 0 spiro atoms. The van der Waals surface area contributed by atoms with Gasteiger partial charge in [-0.2, -0.15) is 0 Å². The van der Waals surface area contributed by atoms with E-state index >= 15 is 0 Å². The molecule has 2 aromatic carbocycles. The van der Waals surface area contributed by atoms with Crippen molar-refractivity contribution in [2.24, 2.45) is 11.8 Å². The first kappa shape index (κ1) is 26.0. The third kappa shape index (κ3) is 5.20. The summed E-state index contributed by atoms with van der Waals surface area (Å²) in [6, 6.07) is 12.1. The van der Waals surface area contributed by atoms with Crippen LogP contribution in [-0.2, 0) is 10.7 Å². The lowest BCUT2D eigenvalue weighted by Gasteiger charge is -2.36. The highest BCUT2D eigenvalue weighted by molar-refractivity contribution is 6.04. The Balaban J connectivity index is 1.52. The molecule has 5 nitrogen and oxygen atoms in total. The zero-order valence-corrected chi connectivity index (χ0v) is 21.8. The molecule has 36 heavy (non-hydrogen) atoms. The minimum absolute atomic E-state index is 0.110. The molecule has 0 radical (unpaired) electrons. The molecule has 1 aliphatic heterocycles. The SMILES string of the molecule is CCC(F)(F)c1cccc(NC(=O)C2=C(C)NC(c3ccc(OC)c(C4C(C)CCCC4C)c3)N2)c1. The number of hydrogen-bond acceptors (Lipinski definition) is 4. The Morgan fingerprint density at radius 1 is 1.11 bits per heavy atom. The van der Waals surface area contributed by atoms with E-state index in [1.165, 1.54) is 49.9 Å². The summed E-state index contributed by atoms with van der Waals surface area (Å²) < 4.78 is 34.0. The molecule has 1 saturated carbocycles. The third-order valence-electron chi connectivity index (χ3n) is 7.73. The fraction of sp³-hybridized carbons (Fsp3) is 0.483. The number of hydrogen-bond donors (Lipinski definition) is 3. The van der Waals surface area contributed by atoms with Crippen LogP contribution in [0.15, 0.2) is 53.9 Å². The summed E-state index contributed by atoms with van der Waals surface area (Å²) in [5.41, 5.74) is 3.54. The van der Waals surface area contributed by atoms with Gasteiger partial charge in [-0.1, -0.05) is 58.2 Å². The van der Waals surface area contributed by atoms with Gasteiger partial charge in [-0.3, -0.25) is 4.79 Å². The van der Waals surface area contributed by atoms with Crippen LogP contribution in [0.5, 0.6) is 5.75 Å². The fourth-order valence-corrected chi connectivity index (χ4v) is 5.69. The van der Waals surface area contributed by atoms with E-state index in [1.54, 1.807) is 13.2 Å². The number of rotatable bonds is 7. The van der Waals surface area contributed by atoms with E-state index in [4.69, 9.17) is 4.74 Å². The molecule has 3 unspecified atom stereocenters. The monoisotopic (exact) mass is 497 g/mol. The second-order valence-corrected chi connectivity index (χ2v) is 10.2. The van der Waals surface area contributed by atoms with Crippen LogP contribution in [0.3, 0.4) is 0 Å². The van der Waals surface area contributed by atoms with Crippen molar-refractivity contribution in [1.82, 2.24) is 10.6 Å². The minimum Gasteiger partial charge on any atom is -0.496 e. The van der Waals surface area contributed by atoms with Crippen LogP contribution in [-0.4, -0.2) is 13.0 Å². The lowest BCUT2D eigenvalue weighted by molar-refractivity contribution is -0.113. The van der Waals surface area contributed by atoms with Gasteiger partial charge in [-0.15, -0.1) is 0 Å². The summed E-state index contributed by atoms with van der Waals surface area (Å²) in [6.45, 7) is 7.91. The first-order valence-electron chi connectivity index (χ1n) is 12.9. The quantitative estimate of drug-likeness (QED) is 0.394. The van der Waals surface area contributed by atoms with Gasteiger partial charge in [0, 0.05) is 23.4 Å². The topological polar surface area (TPSA) is 62.4 Å². The lowest BCUT2D eigenvalue weighted by atomic mass is 9.70. The highest BCUT2D eigenvalue weighted by Gasteiger charge is 2.33. The highest BCUT2D eigenvalue weighted by Crippen LogP contribution is 2.45. The zero-order valence-electron chi connectivity index (χ0n) is 21.8. The van der Waals surface area contributed by atoms with Crippen molar-refractivity contribution in [2.75, 3.05) is 12.4 Å². The molecule has 2 aliphatic rings. The van der Waals surface area contributed by atoms with Crippen LogP contribution in [0.2, 0.25) is 0 Å². The zero-order chi connectivity index (χ0) is 26.0. The molecule has 2 aromatic rings. The molecule has 4 rings (SSSR count). The van der Waals surface area contributed by atoms with E-state index < -0.39 is 5.92 Å². The Bertz CT molecular complexity index is 1140. The molecule has 0 bridgehead atoms. The molecular weight excluding hydrogens is 460 g/mol. The average Bonchev–Trinajstić information content (AvgIpc) is 3.25. The number of anilines is 1. The lowest BCUT2D eigenvalue weighted by Crippen LogP contribution is -2.28. The number of amides is 1. The summed E-state index contributed by atoms with van der Waals surface area (Å²) in [7, 11) is 1.71. The van der Waals surface area contributed by atoms with Crippen LogP contribution in [0, 0.1) is 11.8 Å². The maximum absolute atomic E-state index is 14.1. The molecular formula is C29H37F2N3O2. The van der Waals surface area contributed by atoms with Gasteiger partial charge in [0.1, 0.15) is 17.6 Å². The summed E-state index contributed by atoms with van der Waals surface area (Å²) in [4.78, 5) is 13.1. The second kappa shape index (κ2) is 10.5. The van der Waals surface area contributed by atoms with Crippen molar-refractivity contribution in [2.45, 2.75) is 71.4 Å². The summed E-state index contributed by atoms with van der Waals surface area (Å²) >= 11 is 0. The average molecular weight is 498 g/mol. The summed E-state index contributed by atoms with van der Waals surface area (Å²) in [5.74, 6) is -0.857. The molecule has 1 aliphatic carbocycles. The summed E-state index contributed by atoms with van der Waals surface area (Å²) in [6.07, 6.45) is 3.09. The first-order valence-corrected chi connectivity index (χ1v) is 12.9. The molecule has 7 heteroatoms. The van der Waals surface area contributed by atoms with E-state index in [9.17, 15) is 13.6 Å². The number of carbonyl (C=O) groups excluding carboxylic acids is 1. The standard InChI is InChI=1S/C29H37F2N3O2/c1-6-29(30,31)21-11-8-12-22(16-21)33-28(35)26-19(4)32-27(34-26)20-13-14-24(36-5)23(15-20)25-17(2)9-7-10-18(25)3/h8,11-18,25,27,32,34H,6-7,9-10H2,1-5H3,(H,33,35). The fourth-order valence-electron chi connectivity index (χ4n) is 5.69. The van der Waals surface area contributed by atoms with Gasteiger partial charge in [0.2, 0.25) is 0 Å². The van der Waals surface area contributed by atoms with Gasteiger partial charge in [0.05, 0.1) is 7.11 Å². The summed E-state index contributed by atoms with van der Waals surface area (Å²) in [5, 5.41) is 9.42. The largest absolute Gasteiger partial charge is 0.496 e. The van der Waals surface area contributed by atoms with Crippen LogP contribution in [0.25, 0.3) is 0 Å². The van der Waals surface area contributed by atoms with E-state index in [0.29, 0.717) is 34.8 Å². The third-order valence-corrected chi connectivity index (χ3v) is 7.73. The number of methoxy groups -OCH3 is 1. The van der Waals surface area contributed by atoms with Crippen molar-refractivity contribution in [3.05, 3.63) is 70.5 Å². The van der Waals surface area contributed by atoms with Gasteiger partial charge in [-0.25, -0.2) is 8.78 Å². The molecule has 1 heterocycles. The predicted octanol–water partition coefficient (Wildman–Crippen LogP) is 6.80. The van der Waals surface area contributed by atoms with Gasteiger partial charge in [0.15, 0.2) is 0 Å². The van der Waals surface area contributed by atoms with E-state index in [0.717, 1.165) is 11.3 Å². The highest BCUT2D eigenvalue weighted by atomic mass is 19.3. The number of nitrogens with one attached hydrogen (secondary N) is 3. The van der Waals surface area contributed by atoms with Gasteiger partial charge in [0.25, 0.3) is 11.8 Å². The number of allylic oxidation sites excluding steroid dienone is 1. The normalized spacial score (nSPS) is 24.2. The molecule has 0 aromatic heterocycles. The van der Waals surface area contributed by atoms with Crippen molar-refractivity contribution in [1.29, 1.82) is 0 Å². The van der Waals surface area contributed by atoms with E-state index in [-0.39, 0.29) is 24.1 Å². The van der Waals surface area contributed by atoms with Crippen molar-refractivity contribution < 1.29 is 18.3 Å². The Morgan fingerprint density at radius 3 is 2.50 bits per heavy atom. The molecule has 3 atom stereocenters. The molecule has 1 fully saturated rings. The smallest absolute Gasteiger partial charge is 0.273 e.